The van der Waals surface area contributed by atoms with Gasteiger partial charge in [0.15, 0.2) is 0 Å². The number of aliphatic carboxylic acids is 1. The van der Waals surface area contributed by atoms with Crippen molar-refractivity contribution in [2.45, 2.75) is 200 Å². The van der Waals surface area contributed by atoms with Crippen LogP contribution in [0, 0.1) is 0 Å². The summed E-state index contributed by atoms with van der Waals surface area (Å²) in [5.41, 5.74) is 0. The average Bonchev–Trinajstić information content (AvgIpc) is 3.01. The van der Waals surface area contributed by atoms with Gasteiger partial charge in [-0.05, 0) is 19.3 Å². The molecule has 0 bridgehead atoms. The first-order valence-electron chi connectivity index (χ1n) is 18.7. The fourth-order valence-electron chi connectivity index (χ4n) is 5.43. The number of amides is 1. The molecule has 0 heterocycles. The summed E-state index contributed by atoms with van der Waals surface area (Å²) < 4.78 is 10.8. The second-order valence-electron chi connectivity index (χ2n) is 12.7. The molecule has 0 saturated carbocycles. The van der Waals surface area contributed by atoms with Crippen LogP contribution in [0.3, 0.4) is 0 Å². The highest BCUT2D eigenvalue weighted by Gasteiger charge is 2.26. The SMILES string of the molecule is CCCCCCCCCCCCCCOC(=O)C[C@H](NC(=O)CCCC(=O)O)C(=O)OCCCCCCCCCCCCCC. The standard InChI is InChI=1S/C37H69NO7/c1-3-5-7-9-11-13-15-17-19-21-23-25-30-44-36(42)32-33(38-34(39)28-27-29-35(40)41)37(43)45-31-26-24-22-20-18-16-14-12-10-8-6-4-2/h33H,3-32H2,1-2H3,(H,38,39)(H,40,41)/t33-/m0/s1. The molecule has 8 heteroatoms. The van der Waals surface area contributed by atoms with E-state index in [1.165, 1.54) is 116 Å². The molecule has 0 rings (SSSR count). The van der Waals surface area contributed by atoms with Gasteiger partial charge in [0.1, 0.15) is 6.04 Å². The maximum atomic E-state index is 12.7. The van der Waals surface area contributed by atoms with Gasteiger partial charge in [0.05, 0.1) is 19.6 Å². The number of carboxylic acid groups (broad SMARTS) is 1. The highest BCUT2D eigenvalue weighted by Crippen LogP contribution is 2.14. The normalized spacial score (nSPS) is 11.7. The van der Waals surface area contributed by atoms with E-state index in [9.17, 15) is 19.2 Å². The van der Waals surface area contributed by atoms with Crippen LogP contribution in [-0.4, -0.2) is 48.2 Å². The van der Waals surface area contributed by atoms with Crippen molar-refractivity contribution < 1.29 is 33.8 Å². The quantitative estimate of drug-likeness (QED) is 0.0531. The Hall–Kier alpha value is -2.12. The van der Waals surface area contributed by atoms with Crippen LogP contribution in [0.15, 0.2) is 0 Å². The molecule has 0 aliphatic carbocycles. The van der Waals surface area contributed by atoms with Crippen LogP contribution in [0.4, 0.5) is 0 Å². The largest absolute Gasteiger partial charge is 0.481 e. The Morgan fingerprint density at radius 3 is 1.29 bits per heavy atom. The first-order chi connectivity index (χ1) is 21.9. The molecule has 0 aliphatic rings. The van der Waals surface area contributed by atoms with Gasteiger partial charge in [0.2, 0.25) is 5.91 Å². The second-order valence-corrected chi connectivity index (χ2v) is 12.7. The van der Waals surface area contributed by atoms with Gasteiger partial charge in [-0.15, -0.1) is 0 Å². The molecule has 0 unspecified atom stereocenters. The van der Waals surface area contributed by atoms with Crippen LogP contribution in [0.5, 0.6) is 0 Å². The monoisotopic (exact) mass is 640 g/mol. The predicted octanol–water partition coefficient (Wildman–Crippen LogP) is 9.60. The lowest BCUT2D eigenvalue weighted by Crippen LogP contribution is -2.43. The zero-order valence-corrected chi connectivity index (χ0v) is 29.2. The molecule has 0 spiro atoms. The summed E-state index contributed by atoms with van der Waals surface area (Å²) in [6.07, 6.45) is 28.8. The maximum absolute atomic E-state index is 12.7. The smallest absolute Gasteiger partial charge is 0.329 e. The number of unbranched alkanes of at least 4 members (excludes halogenated alkanes) is 22. The van der Waals surface area contributed by atoms with E-state index in [0.717, 1.165) is 38.5 Å². The minimum absolute atomic E-state index is 0.0390. The van der Waals surface area contributed by atoms with Gasteiger partial charge in [-0.3, -0.25) is 14.4 Å². The number of carbonyl (C=O) groups is 4. The van der Waals surface area contributed by atoms with Crippen LogP contribution >= 0.6 is 0 Å². The molecule has 1 amide bonds. The summed E-state index contributed by atoms with van der Waals surface area (Å²) >= 11 is 0. The number of hydrogen-bond acceptors (Lipinski definition) is 6. The van der Waals surface area contributed by atoms with Gasteiger partial charge in [0.25, 0.3) is 0 Å². The van der Waals surface area contributed by atoms with Gasteiger partial charge in [-0.2, -0.15) is 0 Å². The Morgan fingerprint density at radius 2 is 0.889 bits per heavy atom. The molecule has 0 aromatic carbocycles. The van der Waals surface area contributed by atoms with E-state index >= 15 is 0 Å². The van der Waals surface area contributed by atoms with Crippen molar-refractivity contribution >= 4 is 23.8 Å². The molecular formula is C37H69NO7. The molecule has 8 nitrogen and oxygen atoms in total. The van der Waals surface area contributed by atoms with Gasteiger partial charge >= 0.3 is 17.9 Å². The molecule has 2 N–H and O–H groups in total. The number of ether oxygens (including phenoxy) is 2. The van der Waals surface area contributed by atoms with Gasteiger partial charge in [-0.25, -0.2) is 4.79 Å². The summed E-state index contributed by atoms with van der Waals surface area (Å²) in [5.74, 6) is -2.65. The third kappa shape index (κ3) is 31.6. The van der Waals surface area contributed by atoms with E-state index in [1.807, 2.05) is 0 Å². The number of hydrogen-bond donors (Lipinski definition) is 2. The Balaban J connectivity index is 4.21. The molecule has 0 fully saturated rings. The molecule has 0 aromatic rings. The third-order valence-electron chi connectivity index (χ3n) is 8.29. The van der Waals surface area contributed by atoms with Crippen molar-refractivity contribution in [3.63, 3.8) is 0 Å². The summed E-state index contributed by atoms with van der Waals surface area (Å²) in [5, 5.41) is 11.4. The molecule has 264 valence electrons. The molecule has 0 aromatic heterocycles. The summed E-state index contributed by atoms with van der Waals surface area (Å²) in [4.78, 5) is 48.3. The van der Waals surface area contributed by atoms with E-state index in [1.54, 1.807) is 0 Å². The summed E-state index contributed by atoms with van der Waals surface area (Å²) in [7, 11) is 0. The van der Waals surface area contributed by atoms with Crippen molar-refractivity contribution in [2.24, 2.45) is 0 Å². The minimum Gasteiger partial charge on any atom is -0.481 e. The molecular weight excluding hydrogens is 570 g/mol. The Labute approximate surface area is 275 Å². The Bertz CT molecular complexity index is 728. The number of rotatable bonds is 34. The molecule has 45 heavy (non-hydrogen) atoms. The lowest BCUT2D eigenvalue weighted by molar-refractivity contribution is -0.154. The number of nitrogens with one attached hydrogen (secondary N) is 1. The molecule has 0 aliphatic heterocycles. The fraction of sp³-hybridized carbons (Fsp3) is 0.892. The molecule has 0 saturated heterocycles. The van der Waals surface area contributed by atoms with Crippen LogP contribution in [0.2, 0.25) is 0 Å². The fourth-order valence-corrected chi connectivity index (χ4v) is 5.43. The number of carbonyl (C=O) groups excluding carboxylic acids is 3. The zero-order valence-electron chi connectivity index (χ0n) is 29.2. The Kier molecular flexibility index (Phi) is 31.7. The van der Waals surface area contributed by atoms with E-state index in [4.69, 9.17) is 14.6 Å². The second kappa shape index (κ2) is 33.2. The average molecular weight is 640 g/mol. The number of esters is 2. The van der Waals surface area contributed by atoms with E-state index in [2.05, 4.69) is 19.2 Å². The van der Waals surface area contributed by atoms with Gasteiger partial charge < -0.3 is 19.9 Å². The molecule has 1 atom stereocenters. The highest BCUT2D eigenvalue weighted by atomic mass is 16.5. The third-order valence-corrected chi connectivity index (χ3v) is 8.29. The van der Waals surface area contributed by atoms with E-state index < -0.39 is 29.9 Å². The minimum atomic E-state index is -1.13. The maximum Gasteiger partial charge on any atom is 0.329 e. The van der Waals surface area contributed by atoms with E-state index in [-0.39, 0.29) is 32.3 Å². The lowest BCUT2D eigenvalue weighted by atomic mass is 10.1. The van der Waals surface area contributed by atoms with Crippen LogP contribution < -0.4 is 5.32 Å². The first kappa shape index (κ1) is 42.9. The van der Waals surface area contributed by atoms with Gasteiger partial charge in [-0.1, -0.05) is 155 Å². The van der Waals surface area contributed by atoms with Crippen molar-refractivity contribution in [3.05, 3.63) is 0 Å². The van der Waals surface area contributed by atoms with Crippen molar-refractivity contribution in [3.8, 4) is 0 Å². The van der Waals surface area contributed by atoms with Crippen LogP contribution in [-0.2, 0) is 28.7 Å². The van der Waals surface area contributed by atoms with Crippen LogP contribution in [0.25, 0.3) is 0 Å². The zero-order chi connectivity index (χ0) is 33.2. The van der Waals surface area contributed by atoms with Gasteiger partial charge in [0, 0.05) is 12.8 Å². The lowest BCUT2D eigenvalue weighted by Gasteiger charge is -2.17. The Morgan fingerprint density at radius 1 is 0.511 bits per heavy atom. The van der Waals surface area contributed by atoms with Crippen molar-refractivity contribution in [1.29, 1.82) is 0 Å². The number of carboxylic acids is 1. The van der Waals surface area contributed by atoms with Crippen LogP contribution in [0.1, 0.15) is 194 Å². The van der Waals surface area contributed by atoms with Crippen molar-refractivity contribution in [1.82, 2.24) is 5.32 Å². The van der Waals surface area contributed by atoms with E-state index in [0.29, 0.717) is 6.61 Å². The molecule has 0 radical (unpaired) electrons. The summed E-state index contributed by atoms with van der Waals surface area (Å²) in [6.45, 7) is 5.02. The first-order valence-corrected chi connectivity index (χ1v) is 18.7. The summed E-state index contributed by atoms with van der Waals surface area (Å²) in [6, 6.07) is -1.13. The predicted molar refractivity (Wildman–Crippen MR) is 182 cm³/mol. The van der Waals surface area contributed by atoms with Crippen molar-refractivity contribution in [2.75, 3.05) is 13.2 Å². The topological polar surface area (TPSA) is 119 Å². The highest BCUT2D eigenvalue weighted by molar-refractivity contribution is 5.88.